The van der Waals surface area contributed by atoms with E-state index in [-0.39, 0.29) is 18.6 Å². The molecule has 3 heterocycles. The Morgan fingerprint density at radius 1 is 1.36 bits per heavy atom. The molecule has 1 atom stereocenters. The van der Waals surface area contributed by atoms with Crippen LogP contribution in [0, 0.1) is 0 Å². The Labute approximate surface area is 170 Å². The Morgan fingerprint density at radius 2 is 2.14 bits per heavy atom. The lowest BCUT2D eigenvalue weighted by Crippen LogP contribution is -2.53. The third-order valence-electron chi connectivity index (χ3n) is 5.00. The van der Waals surface area contributed by atoms with Crippen molar-refractivity contribution in [1.82, 2.24) is 24.5 Å². The van der Waals surface area contributed by atoms with Crippen molar-refractivity contribution in [1.29, 1.82) is 0 Å². The van der Waals surface area contributed by atoms with Gasteiger partial charge in [-0.05, 0) is 12.8 Å². The van der Waals surface area contributed by atoms with Crippen LogP contribution in [0.5, 0.6) is 0 Å². The van der Waals surface area contributed by atoms with Gasteiger partial charge in [-0.2, -0.15) is 4.37 Å². The lowest BCUT2D eigenvalue weighted by atomic mass is 10.2. The molecule has 0 aromatic carbocycles. The van der Waals surface area contributed by atoms with Crippen molar-refractivity contribution in [2.24, 2.45) is 4.99 Å². The lowest BCUT2D eigenvalue weighted by Gasteiger charge is -2.36. The molecule has 0 spiro atoms. The SMILES string of the molecule is CCc1nsc(N2CCN(C(=NCC(=O)N(C)C)NCC3CCCO3)CC2)n1. The molecule has 28 heavy (non-hydrogen) atoms. The number of piperazine rings is 1. The molecule has 1 aromatic rings. The molecule has 9 nitrogen and oxygen atoms in total. The average Bonchev–Trinajstić information content (AvgIpc) is 3.40. The highest BCUT2D eigenvalue weighted by atomic mass is 32.1. The van der Waals surface area contributed by atoms with Gasteiger partial charge in [-0.25, -0.2) is 9.98 Å². The van der Waals surface area contributed by atoms with Gasteiger partial charge in [0.2, 0.25) is 11.0 Å². The summed E-state index contributed by atoms with van der Waals surface area (Å²) in [6.07, 6.45) is 3.27. The van der Waals surface area contributed by atoms with E-state index in [1.54, 1.807) is 19.0 Å². The monoisotopic (exact) mass is 409 g/mol. The number of nitrogens with zero attached hydrogens (tertiary/aromatic N) is 6. The van der Waals surface area contributed by atoms with E-state index in [0.29, 0.717) is 0 Å². The largest absolute Gasteiger partial charge is 0.376 e. The number of amides is 1. The van der Waals surface area contributed by atoms with Crippen LogP contribution in [0.1, 0.15) is 25.6 Å². The molecule has 0 aliphatic carbocycles. The summed E-state index contributed by atoms with van der Waals surface area (Å²) in [7, 11) is 3.51. The predicted molar refractivity (Wildman–Crippen MR) is 111 cm³/mol. The maximum absolute atomic E-state index is 12.0. The number of likely N-dealkylation sites (N-methyl/N-ethyl adjacent to an activating group) is 1. The predicted octanol–water partition coefficient (Wildman–Crippen LogP) is 0.435. The van der Waals surface area contributed by atoms with Crippen LogP contribution in [0.2, 0.25) is 0 Å². The summed E-state index contributed by atoms with van der Waals surface area (Å²) in [6.45, 7) is 7.16. The van der Waals surface area contributed by atoms with Crippen LogP contribution in [0.25, 0.3) is 0 Å². The Hall–Kier alpha value is -1.94. The molecule has 3 rings (SSSR count). The fourth-order valence-corrected chi connectivity index (χ4v) is 3.99. The summed E-state index contributed by atoms with van der Waals surface area (Å²) >= 11 is 1.47. The maximum atomic E-state index is 12.0. The van der Waals surface area contributed by atoms with Crippen LogP contribution < -0.4 is 10.2 Å². The van der Waals surface area contributed by atoms with E-state index in [9.17, 15) is 4.79 Å². The minimum Gasteiger partial charge on any atom is -0.376 e. The molecule has 1 N–H and O–H groups in total. The van der Waals surface area contributed by atoms with E-state index in [1.165, 1.54) is 11.5 Å². The number of aryl methyl sites for hydroxylation is 1. The molecule has 156 valence electrons. The molecule has 1 unspecified atom stereocenters. The Balaban J connectivity index is 1.59. The summed E-state index contributed by atoms with van der Waals surface area (Å²) in [5.41, 5.74) is 0. The number of ether oxygens (including phenoxy) is 1. The van der Waals surface area contributed by atoms with Gasteiger partial charge in [0.25, 0.3) is 0 Å². The van der Waals surface area contributed by atoms with E-state index >= 15 is 0 Å². The van der Waals surface area contributed by atoms with E-state index in [2.05, 4.69) is 36.4 Å². The van der Waals surface area contributed by atoms with E-state index in [4.69, 9.17) is 4.74 Å². The molecule has 1 amide bonds. The zero-order valence-corrected chi connectivity index (χ0v) is 17.9. The van der Waals surface area contributed by atoms with E-state index in [0.717, 1.165) is 75.5 Å². The number of carbonyl (C=O) groups is 1. The topological polar surface area (TPSA) is 86.2 Å². The van der Waals surface area contributed by atoms with E-state index < -0.39 is 0 Å². The lowest BCUT2D eigenvalue weighted by molar-refractivity contribution is -0.127. The third kappa shape index (κ3) is 5.54. The molecule has 0 radical (unpaired) electrons. The van der Waals surface area contributed by atoms with Gasteiger partial charge in [0.1, 0.15) is 12.4 Å². The summed E-state index contributed by atoms with van der Waals surface area (Å²) < 4.78 is 10.1. The number of anilines is 1. The Morgan fingerprint density at radius 3 is 2.75 bits per heavy atom. The molecule has 2 saturated heterocycles. The summed E-state index contributed by atoms with van der Waals surface area (Å²) in [6, 6.07) is 0. The van der Waals surface area contributed by atoms with Crippen LogP contribution in [0.3, 0.4) is 0 Å². The molecular weight excluding hydrogens is 378 g/mol. The molecule has 0 saturated carbocycles. The van der Waals surface area contributed by atoms with Gasteiger partial charge in [0.15, 0.2) is 5.96 Å². The van der Waals surface area contributed by atoms with Gasteiger partial charge in [-0.15, -0.1) is 0 Å². The maximum Gasteiger partial charge on any atom is 0.243 e. The van der Waals surface area contributed by atoms with Gasteiger partial charge < -0.3 is 24.8 Å². The van der Waals surface area contributed by atoms with Crippen molar-refractivity contribution in [3.8, 4) is 0 Å². The molecular formula is C18H31N7O2S. The average molecular weight is 410 g/mol. The van der Waals surface area contributed by atoms with Crippen molar-refractivity contribution < 1.29 is 9.53 Å². The van der Waals surface area contributed by atoms with Gasteiger partial charge in [0.05, 0.1) is 6.10 Å². The standard InChI is InChI=1S/C18H31N7O2S/c1-4-15-21-18(28-22-15)25-9-7-24(8-10-25)17(20-13-16(26)23(2)3)19-12-14-6-5-11-27-14/h14H,4-13H2,1-3H3,(H,19,20). The Bertz CT molecular complexity index is 665. The Kier molecular flexibility index (Phi) is 7.43. The summed E-state index contributed by atoms with van der Waals surface area (Å²) in [4.78, 5) is 27.2. The normalized spacial score (nSPS) is 20.5. The highest BCUT2D eigenvalue weighted by molar-refractivity contribution is 7.09. The minimum atomic E-state index is -0.00370. The first-order valence-electron chi connectivity index (χ1n) is 9.99. The highest BCUT2D eigenvalue weighted by Gasteiger charge is 2.24. The minimum absolute atomic E-state index is 0.00370. The number of carbonyl (C=O) groups excluding carboxylic acids is 1. The van der Waals surface area contributed by atoms with Gasteiger partial charge in [0, 0.05) is 71.4 Å². The first-order chi connectivity index (χ1) is 13.6. The van der Waals surface area contributed by atoms with Crippen LogP contribution >= 0.6 is 11.5 Å². The van der Waals surface area contributed by atoms with Crippen molar-refractivity contribution in [2.45, 2.75) is 32.3 Å². The number of hydrogen-bond acceptors (Lipinski definition) is 7. The van der Waals surface area contributed by atoms with Gasteiger partial charge in [-0.1, -0.05) is 6.92 Å². The zero-order chi connectivity index (χ0) is 19.9. The fraction of sp³-hybridized carbons (Fsp3) is 0.778. The molecule has 0 bridgehead atoms. The van der Waals surface area contributed by atoms with Crippen molar-refractivity contribution in [3.63, 3.8) is 0 Å². The smallest absolute Gasteiger partial charge is 0.243 e. The van der Waals surface area contributed by atoms with Crippen molar-refractivity contribution in [2.75, 3.05) is 64.9 Å². The second kappa shape index (κ2) is 10.0. The van der Waals surface area contributed by atoms with Crippen LogP contribution in [0.15, 0.2) is 4.99 Å². The van der Waals surface area contributed by atoms with Crippen LogP contribution in [-0.2, 0) is 16.0 Å². The molecule has 10 heteroatoms. The number of guanidine groups is 1. The van der Waals surface area contributed by atoms with Crippen molar-refractivity contribution >= 4 is 28.5 Å². The molecule has 2 fully saturated rings. The summed E-state index contributed by atoms with van der Waals surface area (Å²) in [5.74, 6) is 1.69. The molecule has 1 aromatic heterocycles. The van der Waals surface area contributed by atoms with Gasteiger partial charge in [-0.3, -0.25) is 4.79 Å². The van der Waals surface area contributed by atoms with Crippen LogP contribution in [-0.4, -0.2) is 97.1 Å². The highest BCUT2D eigenvalue weighted by Crippen LogP contribution is 2.19. The number of nitrogens with one attached hydrogen (secondary N) is 1. The number of aromatic nitrogens is 2. The quantitative estimate of drug-likeness (QED) is 0.539. The fourth-order valence-electron chi connectivity index (χ4n) is 3.19. The molecule has 2 aliphatic rings. The first-order valence-corrected chi connectivity index (χ1v) is 10.8. The third-order valence-corrected chi connectivity index (χ3v) is 5.81. The second-order valence-electron chi connectivity index (χ2n) is 7.26. The van der Waals surface area contributed by atoms with Crippen LogP contribution in [0.4, 0.5) is 5.13 Å². The van der Waals surface area contributed by atoms with Gasteiger partial charge >= 0.3 is 0 Å². The number of rotatable bonds is 6. The summed E-state index contributed by atoms with van der Waals surface area (Å²) in [5, 5.41) is 4.42. The number of aliphatic imine (C=N–C) groups is 1. The zero-order valence-electron chi connectivity index (χ0n) is 17.1. The number of hydrogen-bond donors (Lipinski definition) is 1. The van der Waals surface area contributed by atoms with E-state index in [1.807, 2.05) is 0 Å². The second-order valence-corrected chi connectivity index (χ2v) is 8.00. The van der Waals surface area contributed by atoms with Crippen molar-refractivity contribution in [3.05, 3.63) is 5.82 Å². The first kappa shape index (κ1) is 20.8. The molecule has 2 aliphatic heterocycles.